The van der Waals surface area contributed by atoms with Crippen LogP contribution in [-0.2, 0) is 9.47 Å². The van der Waals surface area contributed by atoms with Crippen molar-refractivity contribution in [3.63, 3.8) is 0 Å². The van der Waals surface area contributed by atoms with Gasteiger partial charge in [-0.05, 0) is 123 Å². The van der Waals surface area contributed by atoms with Crippen LogP contribution in [0.25, 0.3) is 0 Å². The Morgan fingerprint density at radius 2 is 0.820 bits per heavy atom. The molecule has 0 aromatic heterocycles. The minimum atomic E-state index is -0.382. The van der Waals surface area contributed by atoms with E-state index in [4.69, 9.17) is 9.47 Å². The highest BCUT2D eigenvalue weighted by molar-refractivity contribution is 5.00. The van der Waals surface area contributed by atoms with Gasteiger partial charge in [-0.15, -0.1) is 0 Å². The molecule has 0 aromatic rings. The molecule has 1 fully saturated rings. The highest BCUT2D eigenvalue weighted by atomic mass is 16.7. The molecule has 0 radical (unpaired) electrons. The average molecular weight is 690 g/mol. The number of hydrogen-bond donors (Lipinski definition) is 0. The van der Waals surface area contributed by atoms with Crippen molar-refractivity contribution in [2.75, 3.05) is 27.2 Å². The lowest BCUT2D eigenvalue weighted by Gasteiger charge is -2.28. The van der Waals surface area contributed by atoms with Gasteiger partial charge in [-0.2, -0.15) is 0 Å². The fourth-order valence-corrected chi connectivity index (χ4v) is 5.98. The van der Waals surface area contributed by atoms with Gasteiger partial charge in [-0.1, -0.05) is 137 Å². The summed E-state index contributed by atoms with van der Waals surface area (Å²) in [7, 11) is 4.27. The van der Waals surface area contributed by atoms with Gasteiger partial charge in [0.2, 0.25) is 0 Å². The molecule has 1 heterocycles. The maximum absolute atomic E-state index is 6.64. The van der Waals surface area contributed by atoms with Gasteiger partial charge in [-0.3, -0.25) is 0 Å². The van der Waals surface area contributed by atoms with E-state index in [1.165, 1.54) is 64.2 Å². The van der Waals surface area contributed by atoms with Gasteiger partial charge in [-0.25, -0.2) is 0 Å². The molecule has 1 aliphatic heterocycles. The van der Waals surface area contributed by atoms with Crippen molar-refractivity contribution in [1.82, 2.24) is 4.90 Å². The lowest BCUT2D eigenvalue weighted by atomic mass is 10.00. The van der Waals surface area contributed by atoms with E-state index in [1.807, 2.05) is 0 Å². The van der Waals surface area contributed by atoms with Gasteiger partial charge >= 0.3 is 0 Å². The number of allylic oxidation sites excluding steroid dienone is 16. The van der Waals surface area contributed by atoms with Crippen LogP contribution in [0.2, 0.25) is 0 Å². The zero-order valence-electron chi connectivity index (χ0n) is 33.3. The van der Waals surface area contributed by atoms with Gasteiger partial charge in [0.05, 0.1) is 12.7 Å². The summed E-state index contributed by atoms with van der Waals surface area (Å²) in [5.41, 5.74) is 0. The zero-order chi connectivity index (χ0) is 36.1. The number of nitrogens with zero attached hydrogens (tertiary/aromatic N) is 1. The van der Waals surface area contributed by atoms with E-state index in [-0.39, 0.29) is 11.9 Å². The van der Waals surface area contributed by atoms with Gasteiger partial charge in [0.1, 0.15) is 0 Å². The Bertz CT molecular complexity index is 915. The summed E-state index contributed by atoms with van der Waals surface area (Å²) in [6.07, 6.45) is 63.6. The van der Waals surface area contributed by atoms with E-state index < -0.39 is 0 Å². The summed E-state index contributed by atoms with van der Waals surface area (Å²) in [6, 6.07) is 0. The minimum Gasteiger partial charge on any atom is -0.347 e. The molecule has 1 atom stereocenters. The van der Waals surface area contributed by atoms with Crippen molar-refractivity contribution in [3.8, 4) is 0 Å². The number of hydrogen-bond acceptors (Lipinski definition) is 3. The Morgan fingerprint density at radius 1 is 0.480 bits per heavy atom. The van der Waals surface area contributed by atoms with E-state index in [2.05, 4.69) is 130 Å². The third-order valence-corrected chi connectivity index (χ3v) is 9.08. The summed E-state index contributed by atoms with van der Waals surface area (Å²) >= 11 is 0. The molecule has 50 heavy (non-hydrogen) atoms. The van der Waals surface area contributed by atoms with Crippen LogP contribution in [0.4, 0.5) is 0 Å². The van der Waals surface area contributed by atoms with Crippen LogP contribution in [0.5, 0.6) is 0 Å². The number of ether oxygens (including phenoxy) is 2. The first-order valence-corrected chi connectivity index (χ1v) is 20.8. The Kier molecular flexibility index (Phi) is 32.3. The maximum atomic E-state index is 6.64. The third kappa shape index (κ3) is 29.5. The molecule has 0 aromatic carbocycles. The molecule has 0 spiro atoms. The normalized spacial score (nSPS) is 19.1. The summed E-state index contributed by atoms with van der Waals surface area (Å²) < 4.78 is 13.1. The van der Waals surface area contributed by atoms with Gasteiger partial charge < -0.3 is 14.4 Å². The molecular formula is C47H79NO2. The fourth-order valence-electron chi connectivity index (χ4n) is 5.98. The highest BCUT2D eigenvalue weighted by Crippen LogP contribution is 2.35. The molecular weight excluding hydrogens is 611 g/mol. The molecule has 3 nitrogen and oxygen atoms in total. The van der Waals surface area contributed by atoms with Crippen LogP contribution in [0.3, 0.4) is 0 Å². The van der Waals surface area contributed by atoms with E-state index in [9.17, 15) is 0 Å². The summed E-state index contributed by atoms with van der Waals surface area (Å²) in [5, 5.41) is 0. The number of unbranched alkanes of at least 4 members (excludes halogenated alkanes) is 10. The molecule has 1 rings (SSSR count). The largest absolute Gasteiger partial charge is 0.347 e. The molecule has 284 valence electrons. The molecule has 1 unspecified atom stereocenters. The second-order valence-electron chi connectivity index (χ2n) is 14.2. The van der Waals surface area contributed by atoms with E-state index in [1.54, 1.807) is 0 Å². The predicted molar refractivity (Wildman–Crippen MR) is 223 cm³/mol. The van der Waals surface area contributed by atoms with Gasteiger partial charge in [0, 0.05) is 19.4 Å². The molecule has 0 bridgehead atoms. The van der Waals surface area contributed by atoms with Crippen LogP contribution in [-0.4, -0.2) is 44.0 Å². The third-order valence-electron chi connectivity index (χ3n) is 9.08. The van der Waals surface area contributed by atoms with E-state index in [0.717, 1.165) is 96.6 Å². The summed E-state index contributed by atoms with van der Waals surface area (Å²) in [4.78, 5) is 2.24. The molecule has 0 aliphatic carbocycles. The van der Waals surface area contributed by atoms with E-state index >= 15 is 0 Å². The summed E-state index contributed by atoms with van der Waals surface area (Å²) in [6.45, 7) is 6.30. The Balaban J connectivity index is 2.25. The Labute approximate surface area is 311 Å². The zero-order valence-corrected chi connectivity index (χ0v) is 33.3. The van der Waals surface area contributed by atoms with Crippen molar-refractivity contribution >= 4 is 0 Å². The second kappa shape index (κ2) is 35.2. The molecule has 1 aliphatic rings. The standard InChI is InChI=1S/C47H79NO2/c1-5-7-9-11-13-15-17-19-21-23-25-27-29-31-33-35-37-39-42-47(49-45-46(50-47)41-44-48(3)4)43-40-38-36-34-32-30-28-26-24-22-20-18-16-14-12-10-8-6-2/h13-16,19-22,25-28,31-34,46H,5-12,17-18,23-24,29-30,35-45H2,1-4H3. The topological polar surface area (TPSA) is 21.7 Å². The quantitative estimate of drug-likeness (QED) is 0.0506. The van der Waals surface area contributed by atoms with Crippen molar-refractivity contribution in [2.45, 2.75) is 173 Å². The first kappa shape index (κ1) is 45.8. The van der Waals surface area contributed by atoms with E-state index in [0.29, 0.717) is 0 Å². The fraction of sp³-hybridized carbons (Fsp3) is 0.660. The first-order chi connectivity index (χ1) is 24.6. The molecule has 0 N–H and O–H groups in total. The second-order valence-corrected chi connectivity index (χ2v) is 14.2. The van der Waals surface area contributed by atoms with Crippen molar-refractivity contribution in [3.05, 3.63) is 97.2 Å². The molecule has 1 saturated heterocycles. The minimum absolute atomic E-state index is 0.222. The SMILES string of the molecule is CCCCCC=CCC=CCC=CCC=CCCCCC1(CCCCC=CCC=CCC=CCC=CCCCCC)OCC(CCN(C)C)O1. The van der Waals surface area contributed by atoms with Crippen molar-refractivity contribution in [2.24, 2.45) is 0 Å². The predicted octanol–water partition coefficient (Wildman–Crippen LogP) is 14.1. The Hall–Kier alpha value is -2.20. The lowest BCUT2D eigenvalue weighted by Crippen LogP contribution is -2.31. The monoisotopic (exact) mass is 690 g/mol. The average Bonchev–Trinajstić information content (AvgIpc) is 3.52. The van der Waals surface area contributed by atoms with Gasteiger partial charge in [0.25, 0.3) is 0 Å². The number of rotatable bonds is 33. The first-order valence-electron chi connectivity index (χ1n) is 20.8. The van der Waals surface area contributed by atoms with Crippen molar-refractivity contribution in [1.29, 1.82) is 0 Å². The summed E-state index contributed by atoms with van der Waals surface area (Å²) in [5.74, 6) is -0.382. The molecule has 0 amide bonds. The Morgan fingerprint density at radius 3 is 1.16 bits per heavy atom. The highest BCUT2D eigenvalue weighted by Gasteiger charge is 2.40. The smallest absolute Gasteiger partial charge is 0.168 e. The van der Waals surface area contributed by atoms with Crippen LogP contribution in [0.15, 0.2) is 97.2 Å². The van der Waals surface area contributed by atoms with Crippen LogP contribution >= 0.6 is 0 Å². The molecule has 3 heteroatoms. The van der Waals surface area contributed by atoms with Crippen molar-refractivity contribution < 1.29 is 9.47 Å². The van der Waals surface area contributed by atoms with Crippen LogP contribution < -0.4 is 0 Å². The molecule has 0 saturated carbocycles. The maximum Gasteiger partial charge on any atom is 0.168 e. The van der Waals surface area contributed by atoms with Crippen LogP contribution in [0.1, 0.15) is 162 Å². The van der Waals surface area contributed by atoms with Crippen LogP contribution in [0, 0.1) is 0 Å². The van der Waals surface area contributed by atoms with Gasteiger partial charge in [0.15, 0.2) is 5.79 Å². The lowest BCUT2D eigenvalue weighted by molar-refractivity contribution is -0.180.